The first kappa shape index (κ1) is 8.86. The van der Waals surface area contributed by atoms with Gasteiger partial charge in [-0.3, -0.25) is 0 Å². The van der Waals surface area contributed by atoms with Crippen molar-refractivity contribution >= 4 is 21.8 Å². The summed E-state index contributed by atoms with van der Waals surface area (Å²) in [7, 11) is 0. The summed E-state index contributed by atoms with van der Waals surface area (Å²) in [5.74, 6) is 0.117. The van der Waals surface area contributed by atoms with Gasteiger partial charge in [0.05, 0.1) is 5.29 Å². The second-order valence-corrected chi connectivity index (χ2v) is 2.99. The average molecular weight is 228 g/mol. The number of hydrogen-bond acceptors (Lipinski definition) is 2. The van der Waals surface area contributed by atoms with Crippen LogP contribution in [0.5, 0.6) is 0 Å². The molecule has 12 heavy (non-hydrogen) atoms. The maximum absolute atomic E-state index is 9.74. The highest BCUT2D eigenvalue weighted by atomic mass is 79.9. The van der Waals surface area contributed by atoms with Gasteiger partial charge in [-0.15, -0.1) is 4.91 Å². The topological polar surface area (TPSA) is 67.8 Å². The Morgan fingerprint density at radius 2 is 2.25 bits per heavy atom. The van der Waals surface area contributed by atoms with E-state index in [0.29, 0.717) is 5.56 Å². The van der Waals surface area contributed by atoms with Crippen LogP contribution in [0.4, 0.5) is 0 Å². The molecular formula is C7H6BrN3O. The van der Waals surface area contributed by atoms with E-state index in [1.165, 1.54) is 0 Å². The van der Waals surface area contributed by atoms with Gasteiger partial charge < -0.3 is 5.73 Å². The highest BCUT2D eigenvalue weighted by molar-refractivity contribution is 9.10. The fourth-order valence-corrected chi connectivity index (χ4v) is 1.15. The first-order chi connectivity index (χ1) is 5.74. The Morgan fingerprint density at radius 1 is 1.50 bits per heavy atom. The normalized spacial score (nSPS) is 11.2. The first-order valence-corrected chi connectivity index (χ1v) is 3.95. The number of benzene rings is 1. The van der Waals surface area contributed by atoms with Crippen LogP contribution < -0.4 is 5.73 Å². The van der Waals surface area contributed by atoms with Crippen molar-refractivity contribution in [2.45, 2.75) is 0 Å². The Labute approximate surface area is 77.6 Å². The number of nitrogens with two attached hydrogens (primary N) is 1. The van der Waals surface area contributed by atoms with Crippen molar-refractivity contribution in [2.75, 3.05) is 0 Å². The lowest BCUT2D eigenvalue weighted by Crippen LogP contribution is -2.12. The van der Waals surface area contributed by atoms with E-state index in [4.69, 9.17) is 5.73 Å². The zero-order valence-electron chi connectivity index (χ0n) is 6.07. The quantitative estimate of drug-likeness (QED) is 0.363. The standard InChI is InChI=1S/C7H6BrN3O/c8-6-3-1-2-5(4-6)7(9)10-11-12/h1-4H,(H2,9,10,12). The van der Waals surface area contributed by atoms with Crippen LogP contribution in [0.25, 0.3) is 0 Å². The molecule has 1 aromatic rings. The summed E-state index contributed by atoms with van der Waals surface area (Å²) in [6.07, 6.45) is 0. The third-order valence-electron chi connectivity index (χ3n) is 1.27. The maximum Gasteiger partial charge on any atom is 0.156 e. The molecular weight excluding hydrogens is 222 g/mol. The highest BCUT2D eigenvalue weighted by Crippen LogP contribution is 2.11. The minimum atomic E-state index is 0.117. The predicted octanol–water partition coefficient (Wildman–Crippen LogP) is 1.84. The molecule has 0 saturated carbocycles. The van der Waals surface area contributed by atoms with Crippen LogP contribution in [0.15, 0.2) is 39.1 Å². The van der Waals surface area contributed by atoms with Crippen LogP contribution in [-0.4, -0.2) is 5.84 Å². The number of nitroso groups, excluding NO2 is 1. The van der Waals surface area contributed by atoms with Gasteiger partial charge in [0.1, 0.15) is 0 Å². The molecule has 0 aromatic heterocycles. The van der Waals surface area contributed by atoms with Crippen molar-refractivity contribution in [3.63, 3.8) is 0 Å². The van der Waals surface area contributed by atoms with E-state index >= 15 is 0 Å². The molecule has 0 fully saturated rings. The fraction of sp³-hybridized carbons (Fsp3) is 0. The monoisotopic (exact) mass is 227 g/mol. The molecule has 1 aromatic carbocycles. The number of halogens is 1. The van der Waals surface area contributed by atoms with Crippen LogP contribution in [0.2, 0.25) is 0 Å². The summed E-state index contributed by atoms with van der Waals surface area (Å²) in [4.78, 5) is 9.74. The third kappa shape index (κ3) is 2.13. The van der Waals surface area contributed by atoms with E-state index in [-0.39, 0.29) is 5.84 Å². The predicted molar refractivity (Wildman–Crippen MR) is 50.7 cm³/mol. The van der Waals surface area contributed by atoms with Crippen LogP contribution in [0.3, 0.4) is 0 Å². The second kappa shape index (κ2) is 3.96. The molecule has 0 bridgehead atoms. The Hall–Kier alpha value is -1.23. The van der Waals surface area contributed by atoms with Crippen molar-refractivity contribution in [1.82, 2.24) is 0 Å². The van der Waals surface area contributed by atoms with Crippen molar-refractivity contribution in [3.05, 3.63) is 39.2 Å². The van der Waals surface area contributed by atoms with Gasteiger partial charge in [0, 0.05) is 10.0 Å². The van der Waals surface area contributed by atoms with Crippen LogP contribution in [-0.2, 0) is 0 Å². The molecule has 0 saturated heterocycles. The van der Waals surface area contributed by atoms with Gasteiger partial charge in [-0.1, -0.05) is 33.2 Å². The fourth-order valence-electron chi connectivity index (χ4n) is 0.750. The molecule has 62 valence electrons. The van der Waals surface area contributed by atoms with Gasteiger partial charge in [0.2, 0.25) is 0 Å². The van der Waals surface area contributed by atoms with Crippen LogP contribution >= 0.6 is 15.9 Å². The zero-order valence-corrected chi connectivity index (χ0v) is 7.65. The molecule has 4 nitrogen and oxygen atoms in total. The molecule has 0 aliphatic carbocycles. The summed E-state index contributed by atoms with van der Waals surface area (Å²) in [5.41, 5.74) is 6.08. The minimum Gasteiger partial charge on any atom is -0.382 e. The smallest absolute Gasteiger partial charge is 0.156 e. The van der Waals surface area contributed by atoms with E-state index < -0.39 is 0 Å². The molecule has 2 N–H and O–H groups in total. The highest BCUT2D eigenvalue weighted by Gasteiger charge is 1.97. The largest absolute Gasteiger partial charge is 0.382 e. The van der Waals surface area contributed by atoms with Crippen molar-refractivity contribution < 1.29 is 0 Å². The number of amidine groups is 1. The molecule has 0 aliphatic rings. The van der Waals surface area contributed by atoms with Crippen molar-refractivity contribution in [3.8, 4) is 0 Å². The second-order valence-electron chi connectivity index (χ2n) is 2.08. The molecule has 0 spiro atoms. The Morgan fingerprint density at radius 3 is 2.83 bits per heavy atom. The lowest BCUT2D eigenvalue weighted by Gasteiger charge is -1.97. The third-order valence-corrected chi connectivity index (χ3v) is 1.76. The van der Waals surface area contributed by atoms with Crippen molar-refractivity contribution in [2.24, 2.45) is 16.1 Å². The Balaban J connectivity index is 3.03. The van der Waals surface area contributed by atoms with Gasteiger partial charge in [-0.05, 0) is 12.1 Å². The van der Waals surface area contributed by atoms with Crippen LogP contribution in [0.1, 0.15) is 5.56 Å². The van der Waals surface area contributed by atoms with Crippen LogP contribution in [0, 0.1) is 4.91 Å². The molecule has 0 unspecified atom stereocenters. The zero-order chi connectivity index (χ0) is 8.97. The maximum atomic E-state index is 9.74. The van der Waals surface area contributed by atoms with Gasteiger partial charge in [0.15, 0.2) is 5.84 Å². The van der Waals surface area contributed by atoms with E-state index in [0.717, 1.165) is 4.47 Å². The Kier molecular flexibility index (Phi) is 2.93. The van der Waals surface area contributed by atoms with E-state index in [1.807, 2.05) is 6.07 Å². The van der Waals surface area contributed by atoms with Gasteiger partial charge in [-0.2, -0.15) is 0 Å². The average Bonchev–Trinajstić information content (AvgIpc) is 2.05. The van der Waals surface area contributed by atoms with Gasteiger partial charge in [-0.25, -0.2) is 0 Å². The van der Waals surface area contributed by atoms with Gasteiger partial charge >= 0.3 is 0 Å². The number of nitrogens with zero attached hydrogens (tertiary/aromatic N) is 2. The first-order valence-electron chi connectivity index (χ1n) is 3.16. The lowest BCUT2D eigenvalue weighted by molar-refractivity contribution is 1.20. The number of rotatable bonds is 2. The molecule has 5 heteroatoms. The molecule has 1 rings (SSSR count). The molecule has 0 aliphatic heterocycles. The molecule has 0 radical (unpaired) electrons. The summed E-state index contributed by atoms with van der Waals surface area (Å²) in [6, 6.07) is 7.15. The SMILES string of the molecule is N/C(=N\N=O)c1cccc(Br)c1. The van der Waals surface area contributed by atoms with E-state index in [2.05, 4.69) is 26.3 Å². The number of hydrogen-bond donors (Lipinski definition) is 1. The minimum absolute atomic E-state index is 0.117. The van der Waals surface area contributed by atoms with Gasteiger partial charge in [0.25, 0.3) is 0 Å². The molecule has 0 amide bonds. The van der Waals surface area contributed by atoms with Crippen molar-refractivity contribution in [1.29, 1.82) is 0 Å². The van der Waals surface area contributed by atoms with E-state index in [1.54, 1.807) is 18.2 Å². The summed E-state index contributed by atoms with van der Waals surface area (Å²) in [6.45, 7) is 0. The molecule has 0 heterocycles. The summed E-state index contributed by atoms with van der Waals surface area (Å²) in [5, 5.41) is 5.52. The Bertz CT molecular complexity index is 324. The summed E-state index contributed by atoms with van der Waals surface area (Å²) >= 11 is 3.26. The molecule has 0 atom stereocenters. The lowest BCUT2D eigenvalue weighted by atomic mass is 10.2. The van der Waals surface area contributed by atoms with E-state index in [9.17, 15) is 4.91 Å². The summed E-state index contributed by atoms with van der Waals surface area (Å²) < 4.78 is 0.879.